The van der Waals surface area contributed by atoms with Crippen LogP contribution in [0.4, 0.5) is 0 Å². The van der Waals surface area contributed by atoms with Crippen LogP contribution in [0.25, 0.3) is 0 Å². The minimum atomic E-state index is 0.420. The highest BCUT2D eigenvalue weighted by atomic mass is 16.5. The van der Waals surface area contributed by atoms with E-state index in [4.69, 9.17) is 4.79 Å². The van der Waals surface area contributed by atoms with Gasteiger partial charge < -0.3 is 4.74 Å². The zero-order chi connectivity index (χ0) is 4.12. The summed E-state index contributed by atoms with van der Waals surface area (Å²) < 4.78 is 4.03. The fourth-order valence-electron chi connectivity index (χ4n) is 0.0589. The van der Waals surface area contributed by atoms with Gasteiger partial charge in [-0.3, -0.25) is 0 Å². The second-order valence-corrected chi connectivity index (χ2v) is 0.516. The van der Waals surface area contributed by atoms with Crippen molar-refractivity contribution in [3.8, 4) is 0 Å². The van der Waals surface area contributed by atoms with Gasteiger partial charge in [0.25, 0.3) is 0 Å². The molecule has 2 nitrogen and oxygen atoms in total. The van der Waals surface area contributed by atoms with Gasteiger partial charge in [-0.15, -0.1) is 0 Å². The lowest BCUT2D eigenvalue weighted by molar-refractivity contribution is 0.296. The Morgan fingerprint density at radius 3 is 2.60 bits per heavy atom. The predicted molar refractivity (Wildman–Crippen MR) is 17.3 cm³/mol. The molecule has 0 heterocycles. The summed E-state index contributed by atoms with van der Waals surface area (Å²) in [4.78, 5) is 9.06. The van der Waals surface area contributed by atoms with E-state index >= 15 is 0 Å². The van der Waals surface area contributed by atoms with E-state index in [1.807, 2.05) is 0 Å². The van der Waals surface area contributed by atoms with Crippen molar-refractivity contribution in [3.63, 3.8) is 0 Å². The second kappa shape index (κ2) is 3.47. The van der Waals surface area contributed by atoms with Crippen LogP contribution in [0.15, 0.2) is 0 Å². The van der Waals surface area contributed by atoms with Crippen molar-refractivity contribution in [2.45, 2.75) is 6.92 Å². The van der Waals surface area contributed by atoms with E-state index in [0.717, 1.165) is 0 Å². The molecular formula is C3H5O2. The maximum atomic E-state index is 9.06. The van der Waals surface area contributed by atoms with Crippen molar-refractivity contribution < 1.29 is 9.53 Å². The first kappa shape index (κ1) is 4.47. The Morgan fingerprint density at radius 2 is 2.60 bits per heavy atom. The Hall–Kier alpha value is -0.530. The van der Waals surface area contributed by atoms with Gasteiger partial charge in [-0.05, 0) is 6.92 Å². The van der Waals surface area contributed by atoms with E-state index in [2.05, 4.69) is 4.74 Å². The highest BCUT2D eigenvalue weighted by Crippen LogP contribution is 1.55. The van der Waals surface area contributed by atoms with Crippen molar-refractivity contribution in [3.05, 3.63) is 0 Å². The first-order valence-corrected chi connectivity index (χ1v) is 1.40. The zero-order valence-corrected chi connectivity index (χ0v) is 3.02. The van der Waals surface area contributed by atoms with E-state index in [9.17, 15) is 0 Å². The largest absolute Gasteiger partial charge is 0.458 e. The van der Waals surface area contributed by atoms with Crippen LogP contribution >= 0.6 is 0 Å². The summed E-state index contributed by atoms with van der Waals surface area (Å²) in [7, 11) is 0. The molecule has 0 unspecified atom stereocenters. The number of hydrogen-bond donors (Lipinski definition) is 0. The molecule has 0 rings (SSSR count). The lowest BCUT2D eigenvalue weighted by Gasteiger charge is -1.77. The van der Waals surface area contributed by atoms with Crippen molar-refractivity contribution >= 4 is 6.47 Å². The predicted octanol–water partition coefficient (Wildman–Crippen LogP) is 0.0901. The Bertz CT molecular complexity index is 26.1. The van der Waals surface area contributed by atoms with Crippen molar-refractivity contribution in [1.82, 2.24) is 0 Å². The standard InChI is InChI=1S/C3H5O2/c1-2-5-3-4/h2H2,1H3. The Kier molecular flexibility index (Phi) is 3.10. The van der Waals surface area contributed by atoms with Gasteiger partial charge in [0.1, 0.15) is 0 Å². The molecule has 0 aromatic heterocycles. The van der Waals surface area contributed by atoms with Gasteiger partial charge in [0.2, 0.25) is 0 Å². The minimum absolute atomic E-state index is 0.420. The second-order valence-electron chi connectivity index (χ2n) is 0.516. The van der Waals surface area contributed by atoms with Crippen LogP contribution in [0.2, 0.25) is 0 Å². The van der Waals surface area contributed by atoms with Crippen LogP contribution in [0.3, 0.4) is 0 Å². The third kappa shape index (κ3) is 3.47. The number of carbonyl (C=O) groups excluding carboxylic acids is 1. The highest BCUT2D eigenvalue weighted by Gasteiger charge is 1.64. The molecular weight excluding hydrogens is 68.0 g/mol. The fraction of sp³-hybridized carbons (Fsp3) is 0.667. The van der Waals surface area contributed by atoms with Crippen LogP contribution in [-0.2, 0) is 9.53 Å². The van der Waals surface area contributed by atoms with Gasteiger partial charge in [-0.2, -0.15) is 0 Å². The topological polar surface area (TPSA) is 26.3 Å². The van der Waals surface area contributed by atoms with Gasteiger partial charge >= 0.3 is 6.47 Å². The molecule has 0 spiro atoms. The summed E-state index contributed by atoms with van der Waals surface area (Å²) in [5.74, 6) is 0. The van der Waals surface area contributed by atoms with E-state index in [1.165, 1.54) is 6.47 Å². The van der Waals surface area contributed by atoms with E-state index < -0.39 is 0 Å². The molecule has 0 aliphatic heterocycles. The minimum Gasteiger partial charge on any atom is -0.458 e. The Labute approximate surface area is 30.7 Å². The number of ether oxygens (including phenoxy) is 1. The quantitative estimate of drug-likeness (QED) is 0.463. The average molecular weight is 73.1 g/mol. The molecule has 0 aliphatic rings. The molecule has 0 atom stereocenters. The summed E-state index contributed by atoms with van der Waals surface area (Å²) >= 11 is 0. The third-order valence-corrected chi connectivity index (χ3v) is 0.203. The molecule has 0 bridgehead atoms. The summed E-state index contributed by atoms with van der Waals surface area (Å²) in [5, 5.41) is 0. The zero-order valence-electron chi connectivity index (χ0n) is 3.02. The van der Waals surface area contributed by atoms with Gasteiger partial charge in [-0.1, -0.05) is 0 Å². The van der Waals surface area contributed by atoms with Crippen LogP contribution in [-0.4, -0.2) is 13.1 Å². The number of rotatable bonds is 2. The fourth-order valence-corrected chi connectivity index (χ4v) is 0.0589. The molecule has 1 radical (unpaired) electrons. The first-order chi connectivity index (χ1) is 2.41. The smallest absolute Gasteiger partial charge is 0.417 e. The molecule has 2 heteroatoms. The highest BCUT2D eigenvalue weighted by molar-refractivity contribution is 5.37. The monoisotopic (exact) mass is 73.0 g/mol. The summed E-state index contributed by atoms with van der Waals surface area (Å²) in [5.41, 5.74) is 0. The maximum absolute atomic E-state index is 9.06. The van der Waals surface area contributed by atoms with E-state index in [1.54, 1.807) is 6.92 Å². The van der Waals surface area contributed by atoms with Crippen LogP contribution in [0.5, 0.6) is 0 Å². The van der Waals surface area contributed by atoms with Crippen molar-refractivity contribution in [2.24, 2.45) is 0 Å². The maximum Gasteiger partial charge on any atom is 0.417 e. The summed E-state index contributed by atoms with van der Waals surface area (Å²) in [6.45, 7) is 3.41. The lowest BCUT2D eigenvalue weighted by atomic mass is 10.9. The van der Waals surface area contributed by atoms with Crippen molar-refractivity contribution in [1.29, 1.82) is 0 Å². The Morgan fingerprint density at radius 1 is 2.00 bits per heavy atom. The van der Waals surface area contributed by atoms with Crippen molar-refractivity contribution in [2.75, 3.05) is 6.61 Å². The Balaban J connectivity index is 2.40. The normalized spacial score (nSPS) is 6.60. The SMILES string of the molecule is CCO[C]=O. The summed E-state index contributed by atoms with van der Waals surface area (Å²) in [6.07, 6.45) is 0. The molecule has 0 N–H and O–H groups in total. The van der Waals surface area contributed by atoms with Crippen LogP contribution in [0.1, 0.15) is 6.92 Å². The first-order valence-electron chi connectivity index (χ1n) is 1.40. The van der Waals surface area contributed by atoms with Crippen LogP contribution < -0.4 is 0 Å². The molecule has 29 valence electrons. The summed E-state index contributed by atoms with van der Waals surface area (Å²) in [6, 6.07) is 0. The third-order valence-electron chi connectivity index (χ3n) is 0.203. The molecule has 5 heavy (non-hydrogen) atoms. The molecule has 0 aromatic carbocycles. The van der Waals surface area contributed by atoms with Crippen LogP contribution in [0, 0.1) is 0 Å². The van der Waals surface area contributed by atoms with Gasteiger partial charge in [0.05, 0.1) is 6.61 Å². The van der Waals surface area contributed by atoms with E-state index in [0.29, 0.717) is 6.61 Å². The molecule has 0 amide bonds. The van der Waals surface area contributed by atoms with E-state index in [-0.39, 0.29) is 0 Å². The lowest BCUT2D eigenvalue weighted by Crippen LogP contribution is -1.80. The average Bonchev–Trinajstić information content (AvgIpc) is 1.41. The molecule has 0 aromatic rings. The van der Waals surface area contributed by atoms with Gasteiger partial charge in [0, 0.05) is 0 Å². The van der Waals surface area contributed by atoms with Gasteiger partial charge in [0.15, 0.2) is 0 Å². The van der Waals surface area contributed by atoms with Gasteiger partial charge in [-0.25, -0.2) is 4.79 Å². The molecule has 0 fully saturated rings. The molecule has 0 aliphatic carbocycles. The number of hydrogen-bond acceptors (Lipinski definition) is 2. The molecule has 0 saturated carbocycles. The molecule has 0 saturated heterocycles.